The molecular weight excluding hydrogens is 512 g/mol. The second-order valence-corrected chi connectivity index (χ2v) is 21.3. The molecule has 0 atom stereocenters. The van der Waals surface area contributed by atoms with Crippen LogP contribution >= 0.6 is 10.4 Å². The molecular formula is C24H20Cl2P2Zr. The average molecular weight is 533 g/mol. The van der Waals surface area contributed by atoms with Crippen LogP contribution in [0.25, 0.3) is 0 Å². The van der Waals surface area contributed by atoms with E-state index in [-0.39, 0.29) is 35.2 Å². The Labute approximate surface area is 198 Å². The maximum atomic E-state index is 2.34. The molecule has 0 aromatic heterocycles. The Bertz CT molecular complexity index is 795. The Balaban J connectivity index is 0.00000150. The minimum atomic E-state index is -0.782. The molecule has 5 heteroatoms. The monoisotopic (exact) mass is 530 g/mol. The van der Waals surface area contributed by atoms with Gasteiger partial charge in [-0.1, -0.05) is 0 Å². The number of hydrogen-bond donors (Lipinski definition) is 0. The molecule has 0 aliphatic rings. The molecule has 0 bridgehead atoms. The van der Waals surface area contributed by atoms with Gasteiger partial charge in [0.05, 0.1) is 0 Å². The normalized spacial score (nSPS) is 10.0. The first-order valence-corrected chi connectivity index (χ1v) is 18.3. The van der Waals surface area contributed by atoms with Crippen molar-refractivity contribution in [2.45, 2.75) is 0 Å². The summed E-state index contributed by atoms with van der Waals surface area (Å²) in [6.07, 6.45) is 0. The van der Waals surface area contributed by atoms with Crippen LogP contribution in [0.4, 0.5) is 0 Å². The molecule has 0 saturated heterocycles. The van der Waals surface area contributed by atoms with E-state index >= 15 is 0 Å². The van der Waals surface area contributed by atoms with E-state index in [1.54, 1.807) is 0 Å². The van der Waals surface area contributed by atoms with E-state index in [1.165, 1.54) is 21.2 Å². The number of hydrogen-bond acceptors (Lipinski definition) is 0. The fourth-order valence-electron chi connectivity index (χ4n) is 2.94. The zero-order valence-corrected chi connectivity index (χ0v) is 21.5. The van der Waals surface area contributed by atoms with Crippen molar-refractivity contribution >= 4 is 31.6 Å². The third-order valence-electron chi connectivity index (χ3n) is 4.26. The topological polar surface area (TPSA) is 0 Å². The van der Waals surface area contributed by atoms with Gasteiger partial charge in [-0.3, -0.25) is 0 Å². The quantitative estimate of drug-likeness (QED) is 0.285. The van der Waals surface area contributed by atoms with Gasteiger partial charge < -0.3 is 24.8 Å². The molecule has 0 unspecified atom stereocenters. The molecule has 0 aliphatic heterocycles. The summed E-state index contributed by atoms with van der Waals surface area (Å²) in [7, 11) is 0. The molecule has 0 amide bonds. The van der Waals surface area contributed by atoms with Crippen LogP contribution in [-0.2, 0) is 22.1 Å². The van der Waals surface area contributed by atoms with Gasteiger partial charge in [-0.2, -0.15) is 0 Å². The Morgan fingerprint density at radius 1 is 0.345 bits per heavy atom. The van der Waals surface area contributed by atoms with E-state index in [0.29, 0.717) is 0 Å². The Morgan fingerprint density at radius 2 is 0.552 bits per heavy atom. The van der Waals surface area contributed by atoms with Gasteiger partial charge in [0.2, 0.25) is 0 Å². The molecule has 0 heterocycles. The van der Waals surface area contributed by atoms with Crippen molar-refractivity contribution in [2.24, 2.45) is 0 Å². The van der Waals surface area contributed by atoms with Gasteiger partial charge in [0.25, 0.3) is 0 Å². The van der Waals surface area contributed by atoms with Gasteiger partial charge in [0.1, 0.15) is 0 Å². The Hall–Kier alpha value is -0.797. The predicted octanol–water partition coefficient (Wildman–Crippen LogP) is -0.827. The average Bonchev–Trinajstić information content (AvgIpc) is 2.77. The molecule has 0 aliphatic carbocycles. The summed E-state index contributed by atoms with van der Waals surface area (Å²) in [4.78, 5) is 0. The first kappa shape index (κ1) is 24.5. The van der Waals surface area contributed by atoms with Gasteiger partial charge in [0.15, 0.2) is 0 Å². The fraction of sp³-hybridized carbons (Fsp3) is 0. The minimum absolute atomic E-state index is 0. The summed E-state index contributed by atoms with van der Waals surface area (Å²) in [6, 6.07) is 44.8. The summed E-state index contributed by atoms with van der Waals surface area (Å²) in [5, 5.41) is 5.65. The molecule has 4 aromatic carbocycles. The summed E-state index contributed by atoms with van der Waals surface area (Å²) < 4.78 is 0. The fourth-order valence-corrected chi connectivity index (χ4v) is 27.1. The van der Waals surface area contributed by atoms with Gasteiger partial charge in [-0.25, -0.2) is 0 Å². The van der Waals surface area contributed by atoms with Crippen LogP contribution < -0.4 is 46.0 Å². The molecule has 0 spiro atoms. The summed E-state index contributed by atoms with van der Waals surface area (Å²) in [6.45, 7) is 0. The zero-order chi connectivity index (χ0) is 18.3. The summed E-state index contributed by atoms with van der Waals surface area (Å²) in [5.41, 5.74) is 0. The molecule has 0 saturated carbocycles. The molecule has 0 N–H and O–H groups in total. The van der Waals surface area contributed by atoms with Crippen LogP contribution in [0.2, 0.25) is 0 Å². The van der Waals surface area contributed by atoms with E-state index in [4.69, 9.17) is 0 Å². The number of halogens is 2. The van der Waals surface area contributed by atoms with Gasteiger partial charge in [-0.05, 0) is 0 Å². The number of benzene rings is 4. The molecule has 144 valence electrons. The van der Waals surface area contributed by atoms with E-state index in [0.717, 1.165) is 0 Å². The zero-order valence-electron chi connectivity index (χ0n) is 15.7. The van der Waals surface area contributed by atoms with Crippen molar-refractivity contribution in [3.63, 3.8) is 0 Å². The molecule has 0 nitrogen and oxygen atoms in total. The second kappa shape index (κ2) is 12.8. The SMILES string of the molecule is [Cl-].[Cl-].c1ccc([P]([Zr+2][P](c2ccccc2)c2ccccc2)c2ccccc2)cc1. The van der Waals surface area contributed by atoms with E-state index in [1.807, 2.05) is 0 Å². The van der Waals surface area contributed by atoms with E-state index < -0.39 is 22.1 Å². The molecule has 0 fully saturated rings. The second-order valence-electron chi connectivity index (χ2n) is 6.11. The van der Waals surface area contributed by atoms with E-state index in [9.17, 15) is 0 Å². The molecule has 0 radical (unpaired) electrons. The first-order valence-electron chi connectivity index (χ1n) is 8.98. The van der Waals surface area contributed by atoms with Gasteiger partial charge in [-0.15, -0.1) is 0 Å². The van der Waals surface area contributed by atoms with Crippen LogP contribution in [0, 0.1) is 0 Å². The third-order valence-corrected chi connectivity index (χ3v) is 25.6. The van der Waals surface area contributed by atoms with Crippen LogP contribution in [-0.4, -0.2) is 0 Å². The van der Waals surface area contributed by atoms with Crippen molar-refractivity contribution < 1.29 is 46.9 Å². The van der Waals surface area contributed by atoms with E-state index in [2.05, 4.69) is 121 Å². The van der Waals surface area contributed by atoms with Crippen molar-refractivity contribution in [2.75, 3.05) is 0 Å². The number of rotatable bonds is 6. The third kappa shape index (κ3) is 6.59. The molecule has 29 heavy (non-hydrogen) atoms. The summed E-state index contributed by atoms with van der Waals surface area (Å²) in [5.74, 6) is 0. The van der Waals surface area contributed by atoms with Crippen LogP contribution in [0.3, 0.4) is 0 Å². The predicted molar refractivity (Wildman–Crippen MR) is 118 cm³/mol. The summed E-state index contributed by atoms with van der Waals surface area (Å²) >= 11 is -0.782. The first-order chi connectivity index (χ1) is 13.4. The van der Waals surface area contributed by atoms with Gasteiger partial charge in [0, 0.05) is 0 Å². The van der Waals surface area contributed by atoms with Crippen LogP contribution in [0.5, 0.6) is 0 Å². The maximum absolute atomic E-state index is 2.34. The van der Waals surface area contributed by atoms with Crippen molar-refractivity contribution in [1.82, 2.24) is 0 Å². The van der Waals surface area contributed by atoms with Crippen molar-refractivity contribution in [3.05, 3.63) is 121 Å². The van der Waals surface area contributed by atoms with Crippen molar-refractivity contribution in [3.8, 4) is 0 Å². The van der Waals surface area contributed by atoms with Gasteiger partial charge >= 0.3 is 175 Å². The Kier molecular flexibility index (Phi) is 10.8. The molecule has 4 rings (SSSR count). The standard InChI is InChI=1S/2C12H10P.2ClH.Zr/c2*1-3-7-11(8-4-1)13-12-9-5-2-6-10-12;;;/h2*1-10H;2*1H;/q2*-1;;;+4/p-2. The molecule has 4 aromatic rings. The Morgan fingerprint density at radius 3 is 0.759 bits per heavy atom. The van der Waals surface area contributed by atoms with Crippen molar-refractivity contribution in [1.29, 1.82) is 0 Å². The van der Waals surface area contributed by atoms with Crippen LogP contribution in [0.15, 0.2) is 121 Å². The van der Waals surface area contributed by atoms with Crippen LogP contribution in [0.1, 0.15) is 0 Å².